The Kier molecular flexibility index (Phi) is 5.32. The lowest BCUT2D eigenvalue weighted by atomic mass is 9.57. The molecule has 2 aliphatic rings. The summed E-state index contributed by atoms with van der Waals surface area (Å²) in [5.74, 6) is 0.143. The molecule has 2 saturated heterocycles. The number of phenols is 1. The first-order valence-electron chi connectivity index (χ1n) is 12.9. The zero-order valence-electron chi connectivity index (χ0n) is 23.0. The number of methoxy groups -OCH3 is 2. The van der Waals surface area contributed by atoms with Crippen molar-refractivity contribution >= 4 is 21.5 Å². The van der Waals surface area contributed by atoms with Crippen LogP contribution < -0.4 is 9.47 Å². The second-order valence-electron chi connectivity index (χ2n) is 12.0. The summed E-state index contributed by atoms with van der Waals surface area (Å²) in [6, 6.07) is 19.8. The van der Waals surface area contributed by atoms with Gasteiger partial charge in [-0.2, -0.15) is 4.89 Å². The number of phenolic OH excluding ortho intramolecular Hbond substituents is 1. The van der Waals surface area contributed by atoms with Gasteiger partial charge in [-0.3, -0.25) is 0 Å². The Balaban J connectivity index is 1.76. The van der Waals surface area contributed by atoms with Crippen molar-refractivity contribution in [3.05, 3.63) is 66.2 Å². The van der Waals surface area contributed by atoms with Gasteiger partial charge in [0, 0.05) is 22.0 Å². The Morgan fingerprint density at radius 2 is 1.55 bits per heavy atom. The molecule has 2 fully saturated rings. The minimum absolute atomic E-state index is 0.0759. The van der Waals surface area contributed by atoms with E-state index in [1.807, 2.05) is 54.6 Å². The molecule has 0 amide bonds. The molecule has 6 nitrogen and oxygen atoms in total. The maximum atomic E-state index is 12.3. The van der Waals surface area contributed by atoms with Crippen molar-refractivity contribution in [2.45, 2.75) is 46.0 Å². The van der Waals surface area contributed by atoms with Crippen LogP contribution in [0.25, 0.3) is 32.7 Å². The van der Waals surface area contributed by atoms with E-state index in [0.717, 1.165) is 27.1 Å². The third kappa shape index (κ3) is 2.99. The van der Waals surface area contributed by atoms with Gasteiger partial charge in [0.25, 0.3) is 5.79 Å². The summed E-state index contributed by atoms with van der Waals surface area (Å²) in [6.45, 7) is 11.0. The lowest BCUT2D eigenvalue weighted by Crippen LogP contribution is -2.73. The molecule has 1 N–H and O–H groups in total. The molecule has 2 aliphatic heterocycles. The topological polar surface area (TPSA) is 66.4 Å². The lowest BCUT2D eigenvalue weighted by molar-refractivity contribution is -0.626. The van der Waals surface area contributed by atoms with Gasteiger partial charge in [-0.05, 0) is 51.9 Å². The molecule has 4 aromatic rings. The van der Waals surface area contributed by atoms with Crippen LogP contribution in [0, 0.1) is 10.8 Å². The summed E-state index contributed by atoms with van der Waals surface area (Å²) in [5, 5.41) is 16.0. The van der Waals surface area contributed by atoms with E-state index in [9.17, 15) is 5.11 Å². The van der Waals surface area contributed by atoms with Gasteiger partial charge in [0.05, 0.1) is 26.4 Å². The largest absolute Gasteiger partial charge is 0.507 e. The summed E-state index contributed by atoms with van der Waals surface area (Å²) < 4.78 is 18.0. The molecule has 0 spiro atoms. The highest BCUT2D eigenvalue weighted by Gasteiger charge is 2.81. The van der Waals surface area contributed by atoms with Crippen LogP contribution >= 0.6 is 0 Å². The van der Waals surface area contributed by atoms with Gasteiger partial charge < -0.3 is 19.3 Å². The van der Waals surface area contributed by atoms with E-state index in [1.54, 1.807) is 14.2 Å². The maximum Gasteiger partial charge on any atom is 0.265 e. The monoisotopic (exact) mass is 514 g/mol. The Labute approximate surface area is 223 Å². The van der Waals surface area contributed by atoms with Crippen molar-refractivity contribution in [3.8, 4) is 28.4 Å². The van der Waals surface area contributed by atoms with E-state index < -0.39 is 16.8 Å². The fourth-order valence-electron chi connectivity index (χ4n) is 6.90. The standard InChI is InChI=1S/C32H34O6/c1-29(2,3)32-30(4,5)18-36-31(32,37-38-32)24-17-20-16-21(34-6)13-14-23(20)27(28(24)33)26-22-11-9-8-10-19(22)12-15-25(26)35-7/h8-17,33H,18H2,1-7H3. The Hall–Kier alpha value is -3.32. The van der Waals surface area contributed by atoms with Crippen LogP contribution in [0.1, 0.15) is 40.2 Å². The number of fused-ring (bicyclic) bond motifs is 3. The highest BCUT2D eigenvalue weighted by atomic mass is 17.3. The van der Waals surface area contributed by atoms with Gasteiger partial charge in [-0.1, -0.05) is 65.0 Å². The second-order valence-corrected chi connectivity index (χ2v) is 12.0. The van der Waals surface area contributed by atoms with Crippen molar-refractivity contribution in [3.63, 3.8) is 0 Å². The van der Waals surface area contributed by atoms with E-state index in [4.69, 9.17) is 24.0 Å². The lowest BCUT2D eigenvalue weighted by Gasteiger charge is -2.61. The van der Waals surface area contributed by atoms with Crippen LogP contribution in [-0.2, 0) is 20.3 Å². The number of hydrogen-bond acceptors (Lipinski definition) is 6. The van der Waals surface area contributed by atoms with Crippen molar-refractivity contribution in [2.75, 3.05) is 20.8 Å². The molecule has 2 heterocycles. The summed E-state index contributed by atoms with van der Waals surface area (Å²) in [4.78, 5) is 12.0. The smallest absolute Gasteiger partial charge is 0.265 e. The van der Waals surface area contributed by atoms with Crippen LogP contribution in [-0.4, -0.2) is 31.5 Å². The summed E-state index contributed by atoms with van der Waals surface area (Å²) >= 11 is 0. The fourth-order valence-corrected chi connectivity index (χ4v) is 6.90. The van der Waals surface area contributed by atoms with E-state index in [1.165, 1.54) is 0 Å². The van der Waals surface area contributed by atoms with Gasteiger partial charge in [-0.15, -0.1) is 0 Å². The minimum Gasteiger partial charge on any atom is -0.507 e. The van der Waals surface area contributed by atoms with E-state index in [0.29, 0.717) is 29.2 Å². The normalized spacial score (nSPS) is 24.3. The predicted octanol–water partition coefficient (Wildman–Crippen LogP) is 7.34. The molecule has 0 aliphatic carbocycles. The highest BCUT2D eigenvalue weighted by Crippen LogP contribution is 2.70. The molecule has 6 rings (SSSR count). The molecule has 0 saturated carbocycles. The molecular weight excluding hydrogens is 480 g/mol. The van der Waals surface area contributed by atoms with Crippen molar-refractivity contribution in [1.29, 1.82) is 0 Å². The molecule has 0 aromatic heterocycles. The molecule has 4 aromatic carbocycles. The number of ether oxygens (including phenoxy) is 3. The molecule has 0 radical (unpaired) electrons. The first-order valence-corrected chi connectivity index (χ1v) is 12.9. The predicted molar refractivity (Wildman–Crippen MR) is 147 cm³/mol. The van der Waals surface area contributed by atoms with Gasteiger partial charge in [-0.25, -0.2) is 4.89 Å². The molecule has 6 heteroatoms. The Morgan fingerprint density at radius 1 is 0.816 bits per heavy atom. The van der Waals surface area contributed by atoms with Crippen LogP contribution in [0.5, 0.6) is 17.2 Å². The number of hydrogen-bond donors (Lipinski definition) is 1. The van der Waals surface area contributed by atoms with E-state index in [-0.39, 0.29) is 11.2 Å². The highest BCUT2D eigenvalue weighted by molar-refractivity contribution is 6.10. The molecule has 2 atom stereocenters. The Bertz CT molecular complexity index is 1580. The molecule has 2 unspecified atom stereocenters. The maximum absolute atomic E-state index is 12.3. The van der Waals surface area contributed by atoms with Crippen LogP contribution in [0.2, 0.25) is 0 Å². The summed E-state index contributed by atoms with van der Waals surface area (Å²) in [7, 11) is 3.29. The van der Waals surface area contributed by atoms with E-state index >= 15 is 0 Å². The minimum atomic E-state index is -1.30. The third-order valence-electron chi connectivity index (χ3n) is 8.43. The first kappa shape index (κ1) is 25.0. The zero-order chi connectivity index (χ0) is 27.1. The average Bonchev–Trinajstić information content (AvgIpc) is 3.03. The number of aromatic hydroxyl groups is 1. The van der Waals surface area contributed by atoms with Crippen molar-refractivity contribution in [1.82, 2.24) is 0 Å². The van der Waals surface area contributed by atoms with Crippen molar-refractivity contribution < 1.29 is 29.1 Å². The first-order chi connectivity index (χ1) is 18.0. The quantitative estimate of drug-likeness (QED) is 0.288. The second kappa shape index (κ2) is 8.09. The fraction of sp³-hybridized carbons (Fsp3) is 0.375. The average molecular weight is 515 g/mol. The molecule has 198 valence electrons. The van der Waals surface area contributed by atoms with Crippen LogP contribution in [0.4, 0.5) is 0 Å². The van der Waals surface area contributed by atoms with Gasteiger partial charge in [0.15, 0.2) is 5.60 Å². The number of rotatable bonds is 4. The SMILES string of the molecule is COc1ccc2c(-c3c(OC)ccc4ccccc34)c(O)c(C34OCC(C)(C)C3(C(C)(C)C)OO4)cc2c1. The third-order valence-corrected chi connectivity index (χ3v) is 8.43. The van der Waals surface area contributed by atoms with Crippen molar-refractivity contribution in [2.24, 2.45) is 10.8 Å². The summed E-state index contributed by atoms with van der Waals surface area (Å²) in [6.07, 6.45) is 0. The number of benzene rings is 4. The van der Waals surface area contributed by atoms with Gasteiger partial charge in [0.1, 0.15) is 17.2 Å². The Morgan fingerprint density at radius 3 is 2.21 bits per heavy atom. The molecule has 38 heavy (non-hydrogen) atoms. The molecular formula is C32H34O6. The van der Waals surface area contributed by atoms with E-state index in [2.05, 4.69) is 40.7 Å². The van der Waals surface area contributed by atoms with Gasteiger partial charge >= 0.3 is 0 Å². The molecule has 0 bridgehead atoms. The summed E-state index contributed by atoms with van der Waals surface area (Å²) in [5.41, 5.74) is 0.353. The van der Waals surface area contributed by atoms with Crippen LogP contribution in [0.15, 0.2) is 60.7 Å². The van der Waals surface area contributed by atoms with Crippen LogP contribution in [0.3, 0.4) is 0 Å². The van der Waals surface area contributed by atoms with Gasteiger partial charge in [0.2, 0.25) is 0 Å². The zero-order valence-corrected chi connectivity index (χ0v) is 23.0.